The molecular weight excluding hydrogens is 456 g/mol. The van der Waals surface area contributed by atoms with Crippen LogP contribution in [0.1, 0.15) is 111 Å². The van der Waals surface area contributed by atoms with Crippen LogP contribution in [-0.4, -0.2) is 5.97 Å². The molecule has 2 saturated carbocycles. The first-order valence-corrected chi connectivity index (χ1v) is 13.7. The number of esters is 1. The third kappa shape index (κ3) is 6.52. The van der Waals surface area contributed by atoms with Crippen molar-refractivity contribution in [1.82, 2.24) is 0 Å². The average molecular weight is 494 g/mol. The Balaban J connectivity index is 1.31. The first-order chi connectivity index (χ1) is 17.5. The molecule has 0 saturated heterocycles. The Labute approximate surface area is 213 Å². The second-order valence-corrected chi connectivity index (χ2v) is 10.8. The summed E-state index contributed by atoms with van der Waals surface area (Å²) in [7, 11) is 0. The average Bonchev–Trinajstić information content (AvgIpc) is 2.88. The highest BCUT2D eigenvalue weighted by molar-refractivity contribution is 5.91. The van der Waals surface area contributed by atoms with E-state index in [1.807, 2.05) is 0 Å². The van der Waals surface area contributed by atoms with E-state index in [9.17, 15) is 9.18 Å². The van der Waals surface area contributed by atoms with Gasteiger partial charge in [-0.15, -0.1) is 0 Å². The third-order valence-electron chi connectivity index (χ3n) is 8.39. The molecule has 36 heavy (non-hydrogen) atoms. The number of hydrogen-bond donors (Lipinski definition) is 0. The van der Waals surface area contributed by atoms with Gasteiger partial charge in [-0.1, -0.05) is 57.9 Å². The summed E-state index contributed by atoms with van der Waals surface area (Å²) in [6.07, 6.45) is 15.2. The van der Waals surface area contributed by atoms with Crippen molar-refractivity contribution < 1.29 is 18.3 Å². The number of ether oxygens (including phenoxy) is 1. The highest BCUT2D eigenvalue weighted by Crippen LogP contribution is 2.48. The van der Waals surface area contributed by atoms with E-state index in [-0.39, 0.29) is 28.6 Å². The van der Waals surface area contributed by atoms with Crippen LogP contribution in [0.3, 0.4) is 0 Å². The van der Waals surface area contributed by atoms with Gasteiger partial charge in [0.05, 0.1) is 11.1 Å². The lowest BCUT2D eigenvalue weighted by atomic mass is 9.63. The van der Waals surface area contributed by atoms with Crippen molar-refractivity contribution in [2.45, 2.75) is 89.9 Å². The number of nitriles is 1. The van der Waals surface area contributed by atoms with Gasteiger partial charge in [-0.2, -0.15) is 5.26 Å². The van der Waals surface area contributed by atoms with Gasteiger partial charge in [-0.05, 0) is 85.6 Å². The number of rotatable bonds is 9. The number of benzene rings is 2. The van der Waals surface area contributed by atoms with Gasteiger partial charge in [-0.3, -0.25) is 0 Å². The lowest BCUT2D eigenvalue weighted by Crippen LogP contribution is -2.30. The van der Waals surface area contributed by atoms with Crippen molar-refractivity contribution in [2.75, 3.05) is 0 Å². The molecule has 0 spiro atoms. The van der Waals surface area contributed by atoms with E-state index in [4.69, 9.17) is 10.00 Å². The molecule has 0 aliphatic heterocycles. The van der Waals surface area contributed by atoms with Crippen LogP contribution in [0.15, 0.2) is 36.4 Å². The fourth-order valence-electron chi connectivity index (χ4n) is 6.37. The van der Waals surface area contributed by atoms with E-state index in [1.54, 1.807) is 18.2 Å². The molecule has 2 aromatic rings. The zero-order valence-corrected chi connectivity index (χ0v) is 21.3. The highest BCUT2D eigenvalue weighted by Gasteiger charge is 2.36. The molecule has 4 rings (SSSR count). The SMILES string of the molecule is CCCCCCC[C@H]1CC[C@@H]2CC(c3ccc(C(=O)Oc4ccc(C#N)c(F)c4)cc3F)CC[C@H]2C1. The van der Waals surface area contributed by atoms with E-state index in [2.05, 4.69) is 6.92 Å². The Morgan fingerprint density at radius 2 is 1.72 bits per heavy atom. The summed E-state index contributed by atoms with van der Waals surface area (Å²) in [4.78, 5) is 12.5. The molecule has 5 heteroatoms. The molecule has 2 aromatic carbocycles. The Morgan fingerprint density at radius 1 is 0.944 bits per heavy atom. The molecule has 192 valence electrons. The summed E-state index contributed by atoms with van der Waals surface area (Å²) >= 11 is 0. The lowest BCUT2D eigenvalue weighted by Gasteiger charge is -2.42. The molecular formula is C31H37F2NO2. The van der Waals surface area contributed by atoms with Crippen LogP contribution < -0.4 is 4.74 Å². The van der Waals surface area contributed by atoms with Crippen LogP contribution in [0.4, 0.5) is 8.78 Å². The highest BCUT2D eigenvalue weighted by atomic mass is 19.1. The topological polar surface area (TPSA) is 50.1 Å². The first-order valence-electron chi connectivity index (χ1n) is 13.7. The second kappa shape index (κ2) is 12.5. The number of nitrogens with zero attached hydrogens (tertiary/aromatic N) is 1. The molecule has 0 N–H and O–H groups in total. The first kappa shape index (κ1) is 26.3. The number of fused-ring (bicyclic) bond motifs is 1. The minimum absolute atomic E-state index is 0.0177. The van der Waals surface area contributed by atoms with E-state index >= 15 is 4.39 Å². The Morgan fingerprint density at radius 3 is 2.47 bits per heavy atom. The molecule has 4 atom stereocenters. The number of unbranched alkanes of at least 4 members (excludes halogenated alkanes) is 4. The van der Waals surface area contributed by atoms with E-state index in [0.29, 0.717) is 11.5 Å². The summed E-state index contributed by atoms with van der Waals surface area (Å²) in [6.45, 7) is 2.26. The van der Waals surface area contributed by atoms with Crippen LogP contribution in [-0.2, 0) is 0 Å². The summed E-state index contributed by atoms with van der Waals surface area (Å²) in [5, 5.41) is 8.82. The summed E-state index contributed by atoms with van der Waals surface area (Å²) < 4.78 is 34.1. The molecule has 0 amide bonds. The van der Waals surface area contributed by atoms with Crippen molar-refractivity contribution in [3.8, 4) is 11.8 Å². The fraction of sp³-hybridized carbons (Fsp3) is 0.548. The van der Waals surface area contributed by atoms with Gasteiger partial charge in [0.2, 0.25) is 0 Å². The standard InChI is InChI=1S/C31H37F2NO2/c1-2-3-4-5-6-7-21-8-9-23-17-24(11-10-22(23)16-21)28-15-13-25(18-30(28)33)31(35)36-27-14-12-26(20-34)29(32)19-27/h12-15,18-19,21-24H,2-11,16-17H2,1H3/t21-,22-,23+,24?/m0/s1. The maximum absolute atomic E-state index is 15.1. The molecule has 2 aliphatic carbocycles. The van der Waals surface area contributed by atoms with Gasteiger partial charge in [0.15, 0.2) is 0 Å². The zero-order valence-electron chi connectivity index (χ0n) is 21.3. The van der Waals surface area contributed by atoms with Gasteiger partial charge < -0.3 is 4.74 Å². The molecule has 3 nitrogen and oxygen atoms in total. The molecule has 2 aliphatic rings. The predicted octanol–water partition coefficient (Wildman–Crippen LogP) is 8.72. The minimum Gasteiger partial charge on any atom is -0.423 e. The van der Waals surface area contributed by atoms with Gasteiger partial charge in [0.1, 0.15) is 23.5 Å². The van der Waals surface area contributed by atoms with Crippen molar-refractivity contribution in [2.24, 2.45) is 17.8 Å². The second-order valence-electron chi connectivity index (χ2n) is 10.8. The van der Waals surface area contributed by atoms with E-state index < -0.39 is 11.8 Å². The largest absolute Gasteiger partial charge is 0.423 e. The molecule has 2 fully saturated rings. The molecule has 0 aromatic heterocycles. The fourth-order valence-corrected chi connectivity index (χ4v) is 6.37. The van der Waals surface area contributed by atoms with Crippen molar-refractivity contribution in [3.05, 3.63) is 64.7 Å². The summed E-state index contributed by atoms with van der Waals surface area (Å²) in [5.74, 6) is 0.611. The minimum atomic E-state index is -0.763. The maximum Gasteiger partial charge on any atom is 0.343 e. The lowest BCUT2D eigenvalue weighted by molar-refractivity contribution is 0.0733. The Hall–Kier alpha value is -2.74. The molecule has 0 bridgehead atoms. The summed E-state index contributed by atoms with van der Waals surface area (Å²) in [5.41, 5.74) is 0.650. The Bertz CT molecular complexity index is 1090. The third-order valence-corrected chi connectivity index (χ3v) is 8.39. The number of carbonyl (C=O) groups excluding carboxylic acids is 1. The summed E-state index contributed by atoms with van der Waals surface area (Å²) in [6, 6.07) is 9.86. The van der Waals surface area contributed by atoms with Gasteiger partial charge in [-0.25, -0.2) is 13.6 Å². The van der Waals surface area contributed by atoms with E-state index in [1.165, 1.54) is 76.0 Å². The Kier molecular flexibility index (Phi) is 9.13. The van der Waals surface area contributed by atoms with Crippen LogP contribution >= 0.6 is 0 Å². The van der Waals surface area contributed by atoms with Crippen molar-refractivity contribution in [3.63, 3.8) is 0 Å². The van der Waals surface area contributed by atoms with Crippen molar-refractivity contribution in [1.29, 1.82) is 5.26 Å². The molecule has 0 radical (unpaired) electrons. The number of carbonyl (C=O) groups is 1. The number of hydrogen-bond acceptors (Lipinski definition) is 3. The van der Waals surface area contributed by atoms with Crippen LogP contribution in [0.2, 0.25) is 0 Å². The van der Waals surface area contributed by atoms with Gasteiger partial charge in [0.25, 0.3) is 0 Å². The monoisotopic (exact) mass is 493 g/mol. The van der Waals surface area contributed by atoms with Gasteiger partial charge in [0, 0.05) is 6.07 Å². The normalized spacial score (nSPS) is 23.5. The van der Waals surface area contributed by atoms with Crippen LogP contribution in [0.25, 0.3) is 0 Å². The van der Waals surface area contributed by atoms with E-state index in [0.717, 1.165) is 37.2 Å². The van der Waals surface area contributed by atoms with Crippen LogP contribution in [0.5, 0.6) is 5.75 Å². The van der Waals surface area contributed by atoms with Gasteiger partial charge >= 0.3 is 5.97 Å². The molecule has 0 heterocycles. The van der Waals surface area contributed by atoms with Crippen molar-refractivity contribution >= 4 is 5.97 Å². The maximum atomic E-state index is 15.1. The van der Waals surface area contributed by atoms with Crippen LogP contribution in [0, 0.1) is 40.7 Å². The number of halogens is 2. The zero-order chi connectivity index (χ0) is 25.5. The predicted molar refractivity (Wildman–Crippen MR) is 137 cm³/mol. The quantitative estimate of drug-likeness (QED) is 0.199. The molecule has 1 unspecified atom stereocenters. The smallest absolute Gasteiger partial charge is 0.343 e.